The number of rotatable bonds is 0. The third-order valence-corrected chi connectivity index (χ3v) is 8.65. The monoisotopic (exact) mass is 394 g/mol. The van der Waals surface area contributed by atoms with Crippen LogP contribution in [0, 0.1) is 34.5 Å². The van der Waals surface area contributed by atoms with Gasteiger partial charge >= 0.3 is 5.97 Å². The third-order valence-electron chi connectivity index (χ3n) is 8.65. The minimum absolute atomic E-state index is 0.0266. The molecule has 0 aromatic rings. The predicted octanol–water partition coefficient (Wildman–Crippen LogP) is -0.863. The van der Waals surface area contributed by atoms with Crippen LogP contribution in [0.4, 0.5) is 0 Å². The average Bonchev–Trinajstić information content (AvgIpc) is 2.92. The first-order chi connectivity index (χ1) is 13.0. The fourth-order valence-electron chi connectivity index (χ4n) is 7.64. The third kappa shape index (κ3) is 1.72. The molecule has 2 saturated heterocycles. The summed E-state index contributed by atoms with van der Waals surface area (Å²) < 4.78 is 11.4. The van der Waals surface area contributed by atoms with Gasteiger partial charge < -0.3 is 29.9 Å². The number of ether oxygens (including phenoxy) is 2. The van der Waals surface area contributed by atoms with Crippen molar-refractivity contribution in [3.63, 3.8) is 0 Å². The average molecular weight is 394 g/mol. The minimum atomic E-state index is -2.01. The molecule has 2 saturated carbocycles. The Hall–Kier alpha value is -1.32. The molecule has 1 spiro atoms. The van der Waals surface area contributed by atoms with Gasteiger partial charge in [-0.05, 0) is 31.3 Å². The van der Waals surface area contributed by atoms with Gasteiger partial charge in [0, 0.05) is 22.7 Å². The molecule has 8 nitrogen and oxygen atoms in total. The molecule has 4 N–H and O–H groups in total. The Morgan fingerprint density at radius 2 is 1.89 bits per heavy atom. The number of aliphatic hydroxyl groups is 4. The molecule has 154 valence electrons. The number of aliphatic hydroxyl groups excluding tert-OH is 3. The van der Waals surface area contributed by atoms with Crippen molar-refractivity contribution in [1.82, 2.24) is 0 Å². The molecule has 5 aliphatic rings. The van der Waals surface area contributed by atoms with Crippen LogP contribution in [0.15, 0.2) is 11.6 Å². The number of ketones is 1. The van der Waals surface area contributed by atoms with Gasteiger partial charge in [-0.1, -0.05) is 19.4 Å². The van der Waals surface area contributed by atoms with Crippen LogP contribution in [-0.2, 0) is 19.1 Å². The molecule has 5 rings (SSSR count). The van der Waals surface area contributed by atoms with E-state index in [1.165, 1.54) is 6.08 Å². The summed E-state index contributed by atoms with van der Waals surface area (Å²) in [6.45, 7) is 5.17. The molecule has 8 heteroatoms. The van der Waals surface area contributed by atoms with Crippen LogP contribution in [0.25, 0.3) is 0 Å². The summed E-state index contributed by atoms with van der Waals surface area (Å²) in [5.41, 5.74) is -1.40. The van der Waals surface area contributed by atoms with Crippen LogP contribution < -0.4 is 0 Å². The fourth-order valence-corrected chi connectivity index (χ4v) is 7.64. The first kappa shape index (κ1) is 18.7. The molecule has 2 bridgehead atoms. The second-order valence-electron chi connectivity index (χ2n) is 9.63. The lowest BCUT2D eigenvalue weighted by molar-refractivity contribution is -0.339. The van der Waals surface area contributed by atoms with Gasteiger partial charge in [-0.25, -0.2) is 4.79 Å². The van der Waals surface area contributed by atoms with Crippen molar-refractivity contribution in [2.24, 2.45) is 34.5 Å². The molecule has 2 heterocycles. The van der Waals surface area contributed by atoms with Crippen molar-refractivity contribution in [3.8, 4) is 0 Å². The molecule has 2 unspecified atom stereocenters. The maximum Gasteiger partial charge on any atom is 0.335 e. The topological polar surface area (TPSA) is 134 Å². The predicted molar refractivity (Wildman–Crippen MR) is 92.4 cm³/mol. The van der Waals surface area contributed by atoms with Crippen LogP contribution >= 0.6 is 0 Å². The Morgan fingerprint density at radius 3 is 2.57 bits per heavy atom. The van der Waals surface area contributed by atoms with E-state index in [4.69, 9.17) is 9.47 Å². The number of esters is 1. The van der Waals surface area contributed by atoms with Gasteiger partial charge in [0.1, 0.15) is 18.3 Å². The number of hydrogen-bond donors (Lipinski definition) is 4. The standard InChI is InChI=1S/C20H26O8/c1-7-4-10(21)15(24)18(3)9(7)5-11-19-6-27-20(26,17(18)19)14(23)8(2)12(19)13(22)16(25)28-11/h4,8-9,11-15,17,22-24,26H,5-6H2,1-3H3/t8-,9?,11-,12-,13-,14-,15-,17?,18-,19+,20+/m1/s1. The first-order valence-corrected chi connectivity index (χ1v) is 9.84. The van der Waals surface area contributed by atoms with E-state index in [9.17, 15) is 30.0 Å². The van der Waals surface area contributed by atoms with Crippen molar-refractivity contribution >= 4 is 11.8 Å². The number of allylic oxidation sites excluding steroid dienone is 1. The number of fused-ring (bicyclic) bond motifs is 1. The minimum Gasteiger partial charge on any atom is -0.460 e. The largest absolute Gasteiger partial charge is 0.460 e. The lowest BCUT2D eigenvalue weighted by Gasteiger charge is -2.67. The van der Waals surface area contributed by atoms with Gasteiger partial charge in [0.15, 0.2) is 17.7 Å². The van der Waals surface area contributed by atoms with Crippen molar-refractivity contribution in [2.45, 2.75) is 57.4 Å². The van der Waals surface area contributed by atoms with Gasteiger partial charge in [0.2, 0.25) is 0 Å². The molecule has 3 aliphatic carbocycles. The van der Waals surface area contributed by atoms with Crippen LogP contribution in [0.5, 0.6) is 0 Å². The van der Waals surface area contributed by atoms with Gasteiger partial charge in [-0.2, -0.15) is 0 Å². The van der Waals surface area contributed by atoms with E-state index < -0.39 is 70.5 Å². The molecule has 0 aromatic heterocycles. The highest BCUT2D eigenvalue weighted by Crippen LogP contribution is 2.73. The molecule has 0 amide bonds. The second-order valence-corrected chi connectivity index (χ2v) is 9.63. The van der Waals surface area contributed by atoms with Crippen molar-refractivity contribution in [2.75, 3.05) is 6.61 Å². The number of carbonyl (C=O) groups excluding carboxylic acids is 2. The molecule has 2 aliphatic heterocycles. The Balaban J connectivity index is 1.79. The Kier molecular flexibility index (Phi) is 3.49. The van der Waals surface area contributed by atoms with Crippen molar-refractivity contribution in [3.05, 3.63) is 11.6 Å². The quantitative estimate of drug-likeness (QED) is 0.390. The molecule has 28 heavy (non-hydrogen) atoms. The summed E-state index contributed by atoms with van der Waals surface area (Å²) >= 11 is 0. The summed E-state index contributed by atoms with van der Waals surface area (Å²) in [6.07, 6.45) is -3.14. The Morgan fingerprint density at radius 1 is 1.21 bits per heavy atom. The van der Waals surface area contributed by atoms with Gasteiger partial charge in [-0.3, -0.25) is 4.79 Å². The van der Waals surface area contributed by atoms with E-state index >= 15 is 0 Å². The first-order valence-electron chi connectivity index (χ1n) is 9.84. The highest BCUT2D eigenvalue weighted by Gasteiger charge is 2.83. The van der Waals surface area contributed by atoms with Gasteiger partial charge in [0.05, 0.1) is 6.61 Å². The van der Waals surface area contributed by atoms with Crippen molar-refractivity contribution in [1.29, 1.82) is 0 Å². The molecular weight excluding hydrogens is 368 g/mol. The normalized spacial score (nSPS) is 59.9. The molecular formula is C20H26O8. The maximum atomic E-state index is 12.5. The second kappa shape index (κ2) is 5.23. The summed E-state index contributed by atoms with van der Waals surface area (Å²) in [6, 6.07) is 0. The smallest absolute Gasteiger partial charge is 0.335 e. The van der Waals surface area contributed by atoms with E-state index in [0.29, 0.717) is 6.42 Å². The van der Waals surface area contributed by atoms with Gasteiger partial charge in [-0.15, -0.1) is 0 Å². The lowest BCUT2D eigenvalue weighted by atomic mass is 9.38. The molecule has 4 fully saturated rings. The zero-order valence-corrected chi connectivity index (χ0v) is 16.0. The summed E-state index contributed by atoms with van der Waals surface area (Å²) in [7, 11) is 0. The van der Waals surface area contributed by atoms with E-state index in [2.05, 4.69) is 0 Å². The zero-order valence-electron chi connectivity index (χ0n) is 16.0. The fraction of sp³-hybridized carbons (Fsp3) is 0.800. The number of hydrogen-bond acceptors (Lipinski definition) is 8. The highest BCUT2D eigenvalue weighted by molar-refractivity contribution is 5.96. The van der Waals surface area contributed by atoms with E-state index in [-0.39, 0.29) is 12.5 Å². The van der Waals surface area contributed by atoms with Gasteiger partial charge in [0.25, 0.3) is 0 Å². The van der Waals surface area contributed by atoms with Crippen LogP contribution in [0.2, 0.25) is 0 Å². The zero-order chi connectivity index (χ0) is 20.4. The maximum absolute atomic E-state index is 12.5. The molecule has 0 aromatic carbocycles. The van der Waals surface area contributed by atoms with E-state index in [0.717, 1.165) is 5.57 Å². The van der Waals surface area contributed by atoms with E-state index in [1.807, 2.05) is 0 Å². The van der Waals surface area contributed by atoms with Crippen molar-refractivity contribution < 1.29 is 39.5 Å². The lowest BCUT2D eigenvalue weighted by Crippen LogP contribution is -2.77. The number of carbonyl (C=O) groups is 2. The SMILES string of the molecule is CC1=CC(=O)[C@@H](O)[C@@]2(C)C1C[C@H]1OC(=O)[C@H](O)[C@H]3[C@@H](C)[C@@H](O)[C@]4(O)OC[C@@]31C24. The van der Waals surface area contributed by atoms with E-state index in [1.54, 1.807) is 20.8 Å². The molecule has 11 atom stereocenters. The summed E-state index contributed by atoms with van der Waals surface area (Å²) in [5, 5.41) is 44.2. The van der Waals surface area contributed by atoms with Crippen LogP contribution in [-0.4, -0.2) is 69.0 Å². The van der Waals surface area contributed by atoms with Crippen LogP contribution in [0.3, 0.4) is 0 Å². The summed E-state index contributed by atoms with van der Waals surface area (Å²) in [5.74, 6) is -5.79. The van der Waals surface area contributed by atoms with Crippen LogP contribution in [0.1, 0.15) is 27.2 Å². The summed E-state index contributed by atoms with van der Waals surface area (Å²) in [4.78, 5) is 25.0. The highest BCUT2D eigenvalue weighted by atomic mass is 16.7. The Labute approximate surface area is 162 Å². The molecule has 0 radical (unpaired) electrons. The Bertz CT molecular complexity index is 808.